The number of hydrogen-bond donors (Lipinski definition) is 3. The Morgan fingerprint density at radius 1 is 1.18 bits per heavy atom. The Kier molecular flexibility index (Phi) is 6.06. The number of aromatic carboxylic acids is 1. The fourth-order valence-electron chi connectivity index (χ4n) is 3.87. The fourth-order valence-corrected chi connectivity index (χ4v) is 5.12. The second-order valence-electron chi connectivity index (χ2n) is 7.69. The normalized spacial score (nSPS) is 14.8. The van der Waals surface area contributed by atoms with Crippen molar-refractivity contribution < 1.29 is 29.0 Å². The van der Waals surface area contributed by atoms with E-state index in [2.05, 4.69) is 5.32 Å². The van der Waals surface area contributed by atoms with Gasteiger partial charge in [0.05, 0.1) is 12.8 Å². The van der Waals surface area contributed by atoms with Crippen LogP contribution in [-0.4, -0.2) is 36.6 Å². The molecule has 2 amide bonds. The highest BCUT2D eigenvalue weighted by Gasteiger charge is 2.34. The monoisotopic (exact) mass is 466 g/mol. The number of carboxylic acid groups (broad SMARTS) is 1. The van der Waals surface area contributed by atoms with Crippen LogP contribution in [0.1, 0.15) is 38.0 Å². The molecule has 0 radical (unpaired) electrons. The largest absolute Gasteiger partial charge is 0.493 e. The molecule has 2 aromatic carbocycles. The first-order valence-electron chi connectivity index (χ1n) is 10.1. The van der Waals surface area contributed by atoms with E-state index in [1.807, 2.05) is 31.2 Å². The number of primary amides is 1. The lowest BCUT2D eigenvalue weighted by Crippen LogP contribution is -2.22. The van der Waals surface area contributed by atoms with E-state index < -0.39 is 11.9 Å². The summed E-state index contributed by atoms with van der Waals surface area (Å²) in [5.41, 5.74) is 8.72. The molecule has 0 spiro atoms. The third kappa shape index (κ3) is 4.40. The Morgan fingerprint density at radius 3 is 2.55 bits per heavy atom. The molecular formula is C24H22N2O6S. The molecule has 4 N–H and O–H groups in total. The van der Waals surface area contributed by atoms with Gasteiger partial charge in [-0.25, -0.2) is 4.79 Å². The van der Waals surface area contributed by atoms with Crippen LogP contribution in [0.25, 0.3) is 11.1 Å². The van der Waals surface area contributed by atoms with E-state index >= 15 is 0 Å². The lowest BCUT2D eigenvalue weighted by molar-refractivity contribution is -0.120. The minimum absolute atomic E-state index is 0.157. The number of fused-ring (bicyclic) bond motifs is 1. The van der Waals surface area contributed by atoms with Gasteiger partial charge < -0.3 is 25.6 Å². The summed E-state index contributed by atoms with van der Waals surface area (Å²) in [5.74, 6) is -1.50. The maximum absolute atomic E-state index is 12.7. The number of nitrogens with two attached hydrogens (primary N) is 1. The molecular weight excluding hydrogens is 444 g/mol. The second kappa shape index (κ2) is 8.95. The van der Waals surface area contributed by atoms with Crippen LogP contribution in [0.5, 0.6) is 11.5 Å². The predicted octanol–water partition coefficient (Wildman–Crippen LogP) is 3.77. The molecule has 0 saturated heterocycles. The van der Waals surface area contributed by atoms with Crippen LogP contribution in [0.3, 0.4) is 0 Å². The fraction of sp³-hybridized carbons (Fsp3) is 0.208. The summed E-state index contributed by atoms with van der Waals surface area (Å²) in [6.07, 6.45) is 0.157. The molecule has 1 aliphatic heterocycles. The summed E-state index contributed by atoms with van der Waals surface area (Å²) in [5, 5.41) is 12.8. The highest BCUT2D eigenvalue weighted by molar-refractivity contribution is 7.15. The number of carbonyl (C=O) groups is 3. The van der Waals surface area contributed by atoms with Crippen LogP contribution in [0.4, 0.5) is 5.69 Å². The summed E-state index contributed by atoms with van der Waals surface area (Å²) >= 11 is 1.16. The van der Waals surface area contributed by atoms with Gasteiger partial charge in [-0.2, -0.15) is 0 Å². The average molecular weight is 467 g/mol. The number of ether oxygens (including phenoxy) is 2. The Hall–Kier alpha value is -3.85. The van der Waals surface area contributed by atoms with Crippen molar-refractivity contribution in [3.05, 3.63) is 63.3 Å². The first kappa shape index (κ1) is 22.3. The topological polar surface area (TPSA) is 128 Å². The smallest absolute Gasteiger partial charge is 0.346 e. The van der Waals surface area contributed by atoms with Gasteiger partial charge in [-0.1, -0.05) is 35.9 Å². The van der Waals surface area contributed by atoms with Crippen LogP contribution in [0.2, 0.25) is 0 Å². The number of rotatable bonds is 7. The lowest BCUT2D eigenvalue weighted by atomic mass is 9.88. The van der Waals surface area contributed by atoms with E-state index in [1.54, 1.807) is 18.2 Å². The minimum atomic E-state index is -1.05. The standard InChI is InChI=1S/C24H22N2O6S/c1-12-3-5-13(6-4-12)20-21-22(33-23(20)24(29)30)15(10-19(28)26-21)14-7-8-16(17(9-14)31-2)32-11-18(25)27/h3-9,15H,10-11H2,1-2H3,(H2,25,27)(H,26,28)(H,29,30)/t15-/m1/s1. The predicted molar refractivity (Wildman–Crippen MR) is 124 cm³/mol. The molecule has 0 aliphatic carbocycles. The Labute approximate surface area is 193 Å². The second-order valence-corrected chi connectivity index (χ2v) is 8.74. The number of carboxylic acids is 1. The van der Waals surface area contributed by atoms with Gasteiger partial charge in [0.15, 0.2) is 18.1 Å². The number of hydrogen-bond acceptors (Lipinski definition) is 6. The molecule has 33 heavy (non-hydrogen) atoms. The SMILES string of the molecule is COc1cc([C@H]2CC(=O)Nc3c2sc(C(=O)O)c3-c2ccc(C)cc2)ccc1OCC(N)=O. The van der Waals surface area contributed by atoms with Crippen molar-refractivity contribution in [3.63, 3.8) is 0 Å². The Morgan fingerprint density at radius 2 is 1.91 bits per heavy atom. The molecule has 0 bridgehead atoms. The highest BCUT2D eigenvalue weighted by Crippen LogP contribution is 2.50. The van der Waals surface area contributed by atoms with Gasteiger partial charge in [0, 0.05) is 22.8 Å². The first-order chi connectivity index (χ1) is 15.8. The third-order valence-corrected chi connectivity index (χ3v) is 6.69. The molecule has 9 heteroatoms. The zero-order valence-corrected chi connectivity index (χ0v) is 18.8. The molecule has 0 saturated carbocycles. The molecule has 3 aromatic rings. The number of carbonyl (C=O) groups excluding carboxylic acids is 2. The zero-order valence-electron chi connectivity index (χ0n) is 18.0. The van der Waals surface area contributed by atoms with Crippen molar-refractivity contribution in [2.24, 2.45) is 5.73 Å². The zero-order chi connectivity index (χ0) is 23.7. The van der Waals surface area contributed by atoms with Crippen molar-refractivity contribution in [1.82, 2.24) is 0 Å². The van der Waals surface area contributed by atoms with E-state index in [1.165, 1.54) is 7.11 Å². The van der Waals surface area contributed by atoms with Crippen molar-refractivity contribution in [2.45, 2.75) is 19.3 Å². The molecule has 0 fully saturated rings. The van der Waals surface area contributed by atoms with Crippen molar-refractivity contribution in [2.75, 3.05) is 19.0 Å². The van der Waals surface area contributed by atoms with Crippen LogP contribution in [-0.2, 0) is 9.59 Å². The molecule has 8 nitrogen and oxygen atoms in total. The summed E-state index contributed by atoms with van der Waals surface area (Å²) in [7, 11) is 1.47. The quantitative estimate of drug-likeness (QED) is 0.486. The van der Waals surface area contributed by atoms with Gasteiger partial charge in [0.1, 0.15) is 4.88 Å². The number of thiophene rings is 1. The van der Waals surface area contributed by atoms with E-state index in [9.17, 15) is 19.5 Å². The molecule has 0 unspecified atom stereocenters. The number of anilines is 1. The van der Waals surface area contributed by atoms with Crippen molar-refractivity contribution in [3.8, 4) is 22.6 Å². The van der Waals surface area contributed by atoms with Gasteiger partial charge >= 0.3 is 5.97 Å². The third-order valence-electron chi connectivity index (χ3n) is 5.40. The number of methoxy groups -OCH3 is 1. The van der Waals surface area contributed by atoms with E-state index in [4.69, 9.17) is 15.2 Å². The summed E-state index contributed by atoms with van der Waals surface area (Å²) < 4.78 is 10.8. The first-order valence-corrected chi connectivity index (χ1v) is 11.0. The number of benzene rings is 2. The highest BCUT2D eigenvalue weighted by atomic mass is 32.1. The van der Waals surface area contributed by atoms with Gasteiger partial charge in [0.2, 0.25) is 5.91 Å². The van der Waals surface area contributed by atoms with Gasteiger partial charge in [-0.3, -0.25) is 9.59 Å². The van der Waals surface area contributed by atoms with E-state index in [0.717, 1.165) is 32.9 Å². The Bertz CT molecular complexity index is 1250. The van der Waals surface area contributed by atoms with Crippen molar-refractivity contribution >= 4 is 34.8 Å². The Balaban J connectivity index is 1.82. The summed E-state index contributed by atoms with van der Waals surface area (Å²) in [4.78, 5) is 36.7. The number of amides is 2. The summed E-state index contributed by atoms with van der Waals surface area (Å²) in [6.45, 7) is 1.66. The molecule has 2 heterocycles. The maximum Gasteiger partial charge on any atom is 0.346 e. The molecule has 170 valence electrons. The summed E-state index contributed by atoms with van der Waals surface area (Å²) in [6, 6.07) is 12.7. The number of aryl methyl sites for hydroxylation is 1. The van der Waals surface area contributed by atoms with Crippen LogP contribution in [0.15, 0.2) is 42.5 Å². The molecule has 1 aliphatic rings. The van der Waals surface area contributed by atoms with Crippen LogP contribution in [0, 0.1) is 6.92 Å². The van der Waals surface area contributed by atoms with Gasteiger partial charge in [-0.05, 0) is 30.2 Å². The maximum atomic E-state index is 12.7. The average Bonchev–Trinajstić information content (AvgIpc) is 3.17. The van der Waals surface area contributed by atoms with Gasteiger partial charge in [0.25, 0.3) is 5.91 Å². The van der Waals surface area contributed by atoms with Crippen molar-refractivity contribution in [1.29, 1.82) is 0 Å². The molecule has 4 rings (SSSR count). The van der Waals surface area contributed by atoms with Gasteiger partial charge in [-0.15, -0.1) is 11.3 Å². The molecule has 1 aromatic heterocycles. The van der Waals surface area contributed by atoms with Crippen LogP contribution < -0.4 is 20.5 Å². The van der Waals surface area contributed by atoms with Crippen LogP contribution >= 0.6 is 11.3 Å². The minimum Gasteiger partial charge on any atom is -0.493 e. The van der Waals surface area contributed by atoms with E-state index in [-0.39, 0.29) is 29.7 Å². The number of nitrogens with one attached hydrogen (secondary N) is 1. The molecule has 1 atom stereocenters. The van der Waals surface area contributed by atoms with E-state index in [0.29, 0.717) is 22.7 Å². The lowest BCUT2D eigenvalue weighted by Gasteiger charge is -2.24.